The lowest BCUT2D eigenvalue weighted by Crippen LogP contribution is -2.55. The lowest BCUT2D eigenvalue weighted by Gasteiger charge is -2.38. The number of hydrogen-bond donors (Lipinski definition) is 1. The minimum absolute atomic E-state index is 0.0817. The Kier molecular flexibility index (Phi) is 6.41. The number of carbonyl (C=O) groups excluding carboxylic acids is 1. The van der Waals surface area contributed by atoms with Crippen LogP contribution in [0, 0.1) is 5.92 Å². The molecule has 0 aromatic heterocycles. The highest BCUT2D eigenvalue weighted by Crippen LogP contribution is 2.35. The first kappa shape index (κ1) is 15.2. The van der Waals surface area contributed by atoms with Gasteiger partial charge in [-0.05, 0) is 38.5 Å². The number of ether oxygens (including phenoxy) is 1. The smallest absolute Gasteiger partial charge is 0.326 e. The molecule has 104 valence electrons. The van der Waals surface area contributed by atoms with E-state index in [0.717, 1.165) is 31.6 Å². The lowest BCUT2D eigenvalue weighted by atomic mass is 9.75. The van der Waals surface area contributed by atoms with Crippen LogP contribution < -0.4 is 5.32 Å². The van der Waals surface area contributed by atoms with E-state index in [1.807, 2.05) is 6.92 Å². The first-order chi connectivity index (χ1) is 8.68. The summed E-state index contributed by atoms with van der Waals surface area (Å²) in [5, 5.41) is 3.34. The topological polar surface area (TPSA) is 38.3 Å². The third-order valence-electron chi connectivity index (χ3n) is 3.91. The average Bonchev–Trinajstić information content (AvgIpc) is 2.39. The largest absolute Gasteiger partial charge is 0.465 e. The van der Waals surface area contributed by atoms with Gasteiger partial charge in [0.25, 0.3) is 0 Å². The third-order valence-corrected chi connectivity index (χ3v) is 3.91. The van der Waals surface area contributed by atoms with Gasteiger partial charge in [0.2, 0.25) is 0 Å². The van der Waals surface area contributed by atoms with E-state index in [0.29, 0.717) is 13.2 Å². The molecule has 3 nitrogen and oxygen atoms in total. The summed E-state index contributed by atoms with van der Waals surface area (Å²) in [6.07, 6.45) is 8.35. The zero-order chi connectivity index (χ0) is 13.4. The SMILES string of the molecule is C=CCNC1(C(=O)OCC)CCC(CCC)CC1. The Balaban J connectivity index is 2.63. The second kappa shape index (κ2) is 7.57. The summed E-state index contributed by atoms with van der Waals surface area (Å²) in [6.45, 7) is 8.92. The zero-order valence-corrected chi connectivity index (χ0v) is 11.8. The second-order valence-electron chi connectivity index (χ2n) is 5.20. The van der Waals surface area contributed by atoms with Gasteiger partial charge >= 0.3 is 5.97 Å². The molecule has 0 amide bonds. The van der Waals surface area contributed by atoms with E-state index in [9.17, 15) is 4.79 Å². The molecule has 0 aromatic carbocycles. The molecule has 0 heterocycles. The van der Waals surface area contributed by atoms with Gasteiger partial charge in [-0.25, -0.2) is 0 Å². The van der Waals surface area contributed by atoms with Gasteiger partial charge in [0.1, 0.15) is 5.54 Å². The molecule has 1 aliphatic carbocycles. The molecule has 0 bridgehead atoms. The number of rotatable bonds is 7. The average molecular weight is 253 g/mol. The maximum absolute atomic E-state index is 12.2. The van der Waals surface area contributed by atoms with Gasteiger partial charge in [-0.15, -0.1) is 6.58 Å². The van der Waals surface area contributed by atoms with Crippen molar-refractivity contribution in [1.29, 1.82) is 0 Å². The predicted molar refractivity (Wildman–Crippen MR) is 74.4 cm³/mol. The summed E-state index contributed by atoms with van der Waals surface area (Å²) in [5.41, 5.74) is -0.464. The molecule has 18 heavy (non-hydrogen) atoms. The van der Waals surface area contributed by atoms with Crippen molar-refractivity contribution in [2.24, 2.45) is 5.92 Å². The molecule has 1 saturated carbocycles. The standard InChI is InChI=1S/C15H27NO2/c1-4-7-13-8-10-15(11-9-13,16-12-5-2)14(17)18-6-3/h5,13,16H,2,4,6-12H2,1,3H3. The Morgan fingerprint density at radius 3 is 2.61 bits per heavy atom. The van der Waals surface area contributed by atoms with Gasteiger partial charge in [-0.1, -0.05) is 25.8 Å². The van der Waals surface area contributed by atoms with E-state index in [1.165, 1.54) is 12.8 Å². The fourth-order valence-electron chi connectivity index (χ4n) is 2.86. The van der Waals surface area contributed by atoms with Crippen LogP contribution in [-0.4, -0.2) is 24.7 Å². The maximum Gasteiger partial charge on any atom is 0.326 e. The van der Waals surface area contributed by atoms with E-state index in [2.05, 4.69) is 18.8 Å². The van der Waals surface area contributed by atoms with Gasteiger partial charge in [0.05, 0.1) is 6.61 Å². The predicted octanol–water partition coefficient (Wildman–Crippen LogP) is 3.05. The van der Waals surface area contributed by atoms with E-state index in [1.54, 1.807) is 6.08 Å². The van der Waals surface area contributed by atoms with Gasteiger partial charge in [-0.3, -0.25) is 10.1 Å². The summed E-state index contributed by atoms with van der Waals surface area (Å²) in [4.78, 5) is 12.2. The van der Waals surface area contributed by atoms with Crippen LogP contribution in [0.4, 0.5) is 0 Å². The molecular weight excluding hydrogens is 226 g/mol. The first-order valence-electron chi connectivity index (χ1n) is 7.21. The molecular formula is C15H27NO2. The molecule has 1 fully saturated rings. The van der Waals surface area contributed by atoms with Crippen molar-refractivity contribution in [2.75, 3.05) is 13.2 Å². The van der Waals surface area contributed by atoms with Crippen molar-refractivity contribution in [1.82, 2.24) is 5.32 Å². The molecule has 1 aliphatic rings. The normalized spacial score (nSPS) is 27.8. The van der Waals surface area contributed by atoms with Gasteiger partial charge < -0.3 is 4.74 Å². The minimum Gasteiger partial charge on any atom is -0.465 e. The van der Waals surface area contributed by atoms with Crippen molar-refractivity contribution in [3.63, 3.8) is 0 Å². The highest BCUT2D eigenvalue weighted by Gasteiger charge is 2.42. The van der Waals surface area contributed by atoms with Crippen molar-refractivity contribution in [3.8, 4) is 0 Å². The molecule has 1 rings (SSSR count). The molecule has 0 atom stereocenters. The molecule has 1 N–H and O–H groups in total. The van der Waals surface area contributed by atoms with Gasteiger partial charge in [-0.2, -0.15) is 0 Å². The van der Waals surface area contributed by atoms with E-state index < -0.39 is 5.54 Å². The molecule has 0 aliphatic heterocycles. The summed E-state index contributed by atoms with van der Waals surface area (Å²) < 4.78 is 5.24. The lowest BCUT2D eigenvalue weighted by molar-refractivity contribution is -0.153. The Bertz CT molecular complexity index is 268. The Morgan fingerprint density at radius 1 is 1.44 bits per heavy atom. The van der Waals surface area contributed by atoms with Crippen molar-refractivity contribution >= 4 is 5.97 Å². The molecule has 0 radical (unpaired) electrons. The Labute approximate surface area is 111 Å². The summed E-state index contributed by atoms with van der Waals surface area (Å²) in [5.74, 6) is 0.699. The number of hydrogen-bond acceptors (Lipinski definition) is 3. The molecule has 3 heteroatoms. The van der Waals surface area contributed by atoms with Crippen LogP contribution in [0.3, 0.4) is 0 Å². The van der Waals surface area contributed by atoms with E-state index in [-0.39, 0.29) is 5.97 Å². The van der Waals surface area contributed by atoms with E-state index >= 15 is 0 Å². The van der Waals surface area contributed by atoms with Crippen molar-refractivity contribution in [3.05, 3.63) is 12.7 Å². The van der Waals surface area contributed by atoms with E-state index in [4.69, 9.17) is 4.74 Å². The summed E-state index contributed by atoms with van der Waals surface area (Å²) >= 11 is 0. The Hall–Kier alpha value is -0.830. The highest BCUT2D eigenvalue weighted by atomic mass is 16.5. The Morgan fingerprint density at radius 2 is 2.11 bits per heavy atom. The van der Waals surface area contributed by atoms with Crippen LogP contribution in [0.2, 0.25) is 0 Å². The third kappa shape index (κ3) is 3.84. The highest BCUT2D eigenvalue weighted by molar-refractivity contribution is 5.81. The summed E-state index contributed by atoms with van der Waals surface area (Å²) in [6, 6.07) is 0. The summed E-state index contributed by atoms with van der Waals surface area (Å²) in [7, 11) is 0. The number of esters is 1. The fourth-order valence-corrected chi connectivity index (χ4v) is 2.86. The van der Waals surface area contributed by atoms with Crippen LogP contribution in [-0.2, 0) is 9.53 Å². The number of nitrogens with one attached hydrogen (secondary N) is 1. The second-order valence-corrected chi connectivity index (χ2v) is 5.20. The van der Waals surface area contributed by atoms with Gasteiger partial charge in [0.15, 0.2) is 0 Å². The fraction of sp³-hybridized carbons (Fsp3) is 0.800. The molecule has 0 saturated heterocycles. The van der Waals surface area contributed by atoms with Crippen LogP contribution in [0.25, 0.3) is 0 Å². The molecule has 0 aromatic rings. The maximum atomic E-state index is 12.2. The molecule has 0 unspecified atom stereocenters. The zero-order valence-electron chi connectivity index (χ0n) is 11.8. The van der Waals surface area contributed by atoms with Crippen LogP contribution in [0.15, 0.2) is 12.7 Å². The minimum atomic E-state index is -0.464. The van der Waals surface area contributed by atoms with Crippen molar-refractivity contribution in [2.45, 2.75) is 57.9 Å². The molecule has 0 spiro atoms. The van der Waals surface area contributed by atoms with Crippen LogP contribution >= 0.6 is 0 Å². The number of carbonyl (C=O) groups is 1. The van der Waals surface area contributed by atoms with Crippen LogP contribution in [0.1, 0.15) is 52.4 Å². The van der Waals surface area contributed by atoms with Gasteiger partial charge in [0, 0.05) is 6.54 Å². The monoisotopic (exact) mass is 253 g/mol. The quantitative estimate of drug-likeness (QED) is 0.560. The van der Waals surface area contributed by atoms with Crippen LogP contribution in [0.5, 0.6) is 0 Å². The van der Waals surface area contributed by atoms with Crippen molar-refractivity contribution < 1.29 is 9.53 Å². The first-order valence-corrected chi connectivity index (χ1v) is 7.21.